The van der Waals surface area contributed by atoms with Gasteiger partial charge in [-0.3, -0.25) is 9.69 Å². The van der Waals surface area contributed by atoms with Crippen molar-refractivity contribution in [3.8, 4) is 0 Å². The second-order valence-corrected chi connectivity index (χ2v) is 6.01. The molecule has 0 amide bonds. The highest BCUT2D eigenvalue weighted by atomic mass is 35.5. The molecular weight excluding hydrogens is 276 g/mol. The van der Waals surface area contributed by atoms with Gasteiger partial charge in [0.1, 0.15) is 16.8 Å². The number of anilines is 1. The van der Waals surface area contributed by atoms with Crippen LogP contribution < -0.4 is 4.90 Å². The summed E-state index contributed by atoms with van der Waals surface area (Å²) in [5.41, 5.74) is 0.410. The molecule has 1 aliphatic carbocycles. The Hall–Kier alpha value is -1.20. The molecule has 0 unspecified atom stereocenters. The molecule has 1 aromatic heterocycles. The molecular formula is C14H19ClN4O. The van der Waals surface area contributed by atoms with Crippen molar-refractivity contribution in [1.82, 2.24) is 14.9 Å². The number of aromatic nitrogens is 2. The number of nitrogens with zero attached hydrogens (tertiary/aromatic N) is 4. The van der Waals surface area contributed by atoms with Crippen molar-refractivity contribution in [2.45, 2.75) is 19.8 Å². The van der Waals surface area contributed by atoms with E-state index in [4.69, 9.17) is 11.6 Å². The van der Waals surface area contributed by atoms with Crippen molar-refractivity contribution in [1.29, 1.82) is 0 Å². The molecule has 1 aliphatic heterocycles. The average molecular weight is 295 g/mol. The predicted molar refractivity (Wildman–Crippen MR) is 78.5 cm³/mol. The van der Waals surface area contributed by atoms with Crippen molar-refractivity contribution in [2.75, 3.05) is 37.6 Å². The summed E-state index contributed by atoms with van der Waals surface area (Å²) in [6.07, 6.45) is 3.53. The van der Waals surface area contributed by atoms with Crippen LogP contribution in [0.15, 0.2) is 0 Å². The molecule has 1 saturated carbocycles. The highest BCUT2D eigenvalue weighted by Gasteiger charge is 2.27. The van der Waals surface area contributed by atoms with Crippen molar-refractivity contribution in [2.24, 2.45) is 5.92 Å². The molecule has 1 aromatic rings. The summed E-state index contributed by atoms with van der Waals surface area (Å²) >= 11 is 6.04. The van der Waals surface area contributed by atoms with Gasteiger partial charge < -0.3 is 4.90 Å². The summed E-state index contributed by atoms with van der Waals surface area (Å²) in [6, 6.07) is 0. The molecule has 0 spiro atoms. The lowest BCUT2D eigenvalue weighted by Crippen LogP contribution is -2.47. The van der Waals surface area contributed by atoms with Gasteiger partial charge in [-0.1, -0.05) is 11.6 Å². The van der Waals surface area contributed by atoms with Crippen LogP contribution in [0, 0.1) is 12.8 Å². The Labute approximate surface area is 123 Å². The maximum atomic E-state index is 11.2. The van der Waals surface area contributed by atoms with Gasteiger partial charge in [-0.25, -0.2) is 9.97 Å². The number of hydrogen-bond acceptors (Lipinski definition) is 5. The van der Waals surface area contributed by atoms with Gasteiger partial charge in [0.05, 0.1) is 5.56 Å². The van der Waals surface area contributed by atoms with Gasteiger partial charge in [-0.15, -0.1) is 0 Å². The van der Waals surface area contributed by atoms with Crippen molar-refractivity contribution in [3.63, 3.8) is 0 Å². The van der Waals surface area contributed by atoms with Gasteiger partial charge in [-0.05, 0) is 25.7 Å². The van der Waals surface area contributed by atoms with E-state index in [0.29, 0.717) is 17.2 Å². The normalized spacial score (nSPS) is 20.2. The van der Waals surface area contributed by atoms with E-state index in [1.807, 2.05) is 0 Å². The van der Waals surface area contributed by atoms with Crippen LogP contribution in [-0.4, -0.2) is 53.9 Å². The van der Waals surface area contributed by atoms with Gasteiger partial charge in [0.2, 0.25) is 0 Å². The topological polar surface area (TPSA) is 49.3 Å². The summed E-state index contributed by atoms with van der Waals surface area (Å²) in [7, 11) is 0. The minimum absolute atomic E-state index is 0.253. The van der Waals surface area contributed by atoms with Crippen LogP contribution in [0.1, 0.15) is 29.0 Å². The van der Waals surface area contributed by atoms with E-state index in [1.165, 1.54) is 19.4 Å². The fraction of sp³-hybridized carbons (Fsp3) is 0.643. The smallest absolute Gasteiger partial charge is 0.156 e. The number of aldehydes is 1. The maximum Gasteiger partial charge on any atom is 0.156 e. The van der Waals surface area contributed by atoms with Crippen LogP contribution in [0.2, 0.25) is 5.15 Å². The van der Waals surface area contributed by atoms with E-state index in [2.05, 4.69) is 19.8 Å². The number of piperazine rings is 1. The lowest BCUT2D eigenvalue weighted by Gasteiger charge is -2.36. The first kappa shape index (κ1) is 13.8. The number of carbonyl (C=O) groups is 1. The quantitative estimate of drug-likeness (QED) is 0.626. The molecule has 20 heavy (non-hydrogen) atoms. The number of hydrogen-bond donors (Lipinski definition) is 0. The molecule has 2 heterocycles. The predicted octanol–water partition coefficient (Wildman–Crippen LogP) is 1.78. The third-order valence-corrected chi connectivity index (χ3v) is 4.28. The van der Waals surface area contributed by atoms with Crippen LogP contribution in [0.25, 0.3) is 0 Å². The summed E-state index contributed by atoms with van der Waals surface area (Å²) in [5, 5.41) is 0.253. The second-order valence-electron chi connectivity index (χ2n) is 5.65. The molecule has 0 atom stereocenters. The lowest BCUT2D eigenvalue weighted by atomic mass is 10.2. The van der Waals surface area contributed by atoms with E-state index in [-0.39, 0.29) is 5.15 Å². The Morgan fingerprint density at radius 1 is 1.25 bits per heavy atom. The van der Waals surface area contributed by atoms with Crippen molar-refractivity contribution < 1.29 is 4.79 Å². The zero-order chi connectivity index (χ0) is 14.1. The van der Waals surface area contributed by atoms with Crippen LogP contribution in [0.4, 0.5) is 5.82 Å². The van der Waals surface area contributed by atoms with Crippen LogP contribution in [0.3, 0.4) is 0 Å². The third kappa shape index (κ3) is 2.94. The minimum atomic E-state index is 0.253. The Morgan fingerprint density at radius 3 is 2.55 bits per heavy atom. The highest BCUT2D eigenvalue weighted by molar-refractivity contribution is 6.32. The number of aryl methyl sites for hydroxylation is 1. The first-order chi connectivity index (χ1) is 9.67. The molecule has 0 N–H and O–H groups in total. The van der Waals surface area contributed by atoms with Gasteiger partial charge >= 0.3 is 0 Å². The maximum absolute atomic E-state index is 11.2. The van der Waals surface area contributed by atoms with Crippen LogP contribution >= 0.6 is 11.6 Å². The fourth-order valence-corrected chi connectivity index (χ4v) is 2.93. The fourth-order valence-electron chi connectivity index (χ4n) is 2.68. The van der Waals surface area contributed by atoms with E-state index in [0.717, 1.165) is 38.4 Å². The molecule has 3 rings (SSSR count). The molecule has 0 radical (unpaired) electrons. The van der Waals surface area contributed by atoms with Crippen LogP contribution in [0.5, 0.6) is 0 Å². The molecule has 2 aliphatic rings. The first-order valence-corrected chi connectivity index (χ1v) is 7.52. The monoisotopic (exact) mass is 294 g/mol. The van der Waals surface area contributed by atoms with E-state index < -0.39 is 0 Å². The SMILES string of the molecule is Cc1nc(Cl)c(C=O)c(N2CCN(CC3CC3)CC2)n1. The standard InChI is InChI=1S/C14H19ClN4O/c1-10-16-13(15)12(9-20)14(17-10)19-6-4-18(5-7-19)8-11-2-3-11/h9,11H,2-8H2,1H3. The summed E-state index contributed by atoms with van der Waals surface area (Å²) in [4.78, 5) is 24.3. The Kier molecular flexibility index (Phi) is 3.89. The molecule has 0 bridgehead atoms. The summed E-state index contributed by atoms with van der Waals surface area (Å²) in [6.45, 7) is 6.84. The third-order valence-electron chi connectivity index (χ3n) is 3.99. The zero-order valence-electron chi connectivity index (χ0n) is 11.7. The summed E-state index contributed by atoms with van der Waals surface area (Å²) in [5.74, 6) is 2.21. The van der Waals surface area contributed by atoms with Gasteiger partial charge in [-0.2, -0.15) is 0 Å². The molecule has 1 saturated heterocycles. The Balaban J connectivity index is 1.72. The highest BCUT2D eigenvalue weighted by Crippen LogP contribution is 2.30. The second kappa shape index (κ2) is 5.66. The van der Waals surface area contributed by atoms with Gasteiger partial charge in [0.15, 0.2) is 6.29 Å². The largest absolute Gasteiger partial charge is 0.353 e. The van der Waals surface area contributed by atoms with Crippen molar-refractivity contribution in [3.05, 3.63) is 16.5 Å². The van der Waals surface area contributed by atoms with Crippen LogP contribution in [-0.2, 0) is 0 Å². The molecule has 2 fully saturated rings. The summed E-state index contributed by atoms with van der Waals surface area (Å²) < 4.78 is 0. The van der Waals surface area contributed by atoms with E-state index in [1.54, 1.807) is 6.92 Å². The zero-order valence-corrected chi connectivity index (χ0v) is 12.4. The molecule has 108 valence electrons. The number of rotatable bonds is 4. The van der Waals surface area contributed by atoms with E-state index >= 15 is 0 Å². The first-order valence-electron chi connectivity index (χ1n) is 7.14. The number of halogens is 1. The molecule has 0 aromatic carbocycles. The van der Waals surface area contributed by atoms with Gasteiger partial charge in [0, 0.05) is 32.7 Å². The molecule has 5 nitrogen and oxygen atoms in total. The number of carbonyl (C=O) groups excluding carboxylic acids is 1. The Morgan fingerprint density at radius 2 is 1.95 bits per heavy atom. The van der Waals surface area contributed by atoms with E-state index in [9.17, 15) is 4.79 Å². The van der Waals surface area contributed by atoms with Crippen molar-refractivity contribution >= 4 is 23.7 Å². The molecule has 6 heteroatoms. The minimum Gasteiger partial charge on any atom is -0.353 e. The van der Waals surface area contributed by atoms with Gasteiger partial charge in [0.25, 0.3) is 0 Å². The lowest BCUT2D eigenvalue weighted by molar-refractivity contribution is 0.112. The Bertz CT molecular complexity index is 510. The average Bonchev–Trinajstić information content (AvgIpc) is 3.23.